The summed E-state index contributed by atoms with van der Waals surface area (Å²) in [6, 6.07) is 15.3. The highest BCUT2D eigenvalue weighted by Gasteiger charge is 2.29. The molecule has 1 aliphatic rings. The zero-order valence-corrected chi connectivity index (χ0v) is 15.9. The number of aliphatic hydroxyl groups excluding tert-OH is 2. The molecule has 3 rings (SSSR count). The highest BCUT2D eigenvalue weighted by molar-refractivity contribution is 6.30. The molecule has 5 heteroatoms. The molecule has 1 saturated heterocycles. The minimum Gasteiger partial charge on any atom is -0.488 e. The number of ether oxygens (including phenoxy) is 1. The summed E-state index contributed by atoms with van der Waals surface area (Å²) in [5, 5.41) is 19.9. The molecule has 2 aromatic carbocycles. The molecule has 1 heterocycles. The van der Waals surface area contributed by atoms with Gasteiger partial charge in [-0.2, -0.15) is 0 Å². The van der Waals surface area contributed by atoms with Crippen molar-refractivity contribution in [2.75, 3.05) is 19.7 Å². The average molecular weight is 386 g/mol. The van der Waals surface area contributed by atoms with Crippen LogP contribution in [-0.2, 0) is 6.54 Å². The van der Waals surface area contributed by atoms with Crippen molar-refractivity contribution in [2.24, 2.45) is 0 Å². The number of benzene rings is 2. The van der Waals surface area contributed by atoms with E-state index in [2.05, 4.69) is 28.9 Å². The van der Waals surface area contributed by atoms with E-state index in [-0.39, 0.29) is 12.7 Å². The number of piperidine rings is 1. The third kappa shape index (κ3) is 5.98. The molecule has 2 N–H and O–H groups in total. The smallest absolute Gasteiger partial charge is 0.127 e. The fraction of sp³-hybridized carbons (Fsp3) is 0.364. The van der Waals surface area contributed by atoms with Crippen molar-refractivity contribution in [2.45, 2.75) is 31.6 Å². The van der Waals surface area contributed by atoms with Gasteiger partial charge in [-0.15, -0.1) is 0 Å². The molecule has 0 saturated carbocycles. The van der Waals surface area contributed by atoms with Gasteiger partial charge < -0.3 is 14.9 Å². The molecule has 2 atom stereocenters. The van der Waals surface area contributed by atoms with Crippen molar-refractivity contribution < 1.29 is 14.9 Å². The molecule has 0 bridgehead atoms. The number of nitrogens with zero attached hydrogens (tertiary/aromatic N) is 1. The van der Waals surface area contributed by atoms with Gasteiger partial charge in [-0.25, -0.2) is 0 Å². The van der Waals surface area contributed by atoms with Crippen molar-refractivity contribution >= 4 is 11.6 Å². The van der Waals surface area contributed by atoms with Gasteiger partial charge in [0.2, 0.25) is 0 Å². The summed E-state index contributed by atoms with van der Waals surface area (Å²) in [7, 11) is 0. The van der Waals surface area contributed by atoms with Crippen LogP contribution in [0.25, 0.3) is 0 Å². The lowest BCUT2D eigenvalue weighted by atomic mass is 10.0. The summed E-state index contributed by atoms with van der Waals surface area (Å²) in [5.41, 5.74) is 2.13. The Morgan fingerprint density at radius 2 is 1.85 bits per heavy atom. The number of likely N-dealkylation sites (tertiary alicyclic amines) is 1. The summed E-state index contributed by atoms with van der Waals surface area (Å²) in [6.07, 6.45) is 0.533. The minimum absolute atomic E-state index is 0.0884. The topological polar surface area (TPSA) is 52.9 Å². The maximum Gasteiger partial charge on any atom is 0.127 e. The predicted octanol–water partition coefficient (Wildman–Crippen LogP) is 3.09. The zero-order valence-electron chi connectivity index (χ0n) is 15.1. The van der Waals surface area contributed by atoms with E-state index in [0.717, 1.165) is 30.8 Å². The number of hydrogen-bond acceptors (Lipinski definition) is 4. The third-order valence-corrected chi connectivity index (χ3v) is 4.79. The van der Waals surface area contributed by atoms with Gasteiger partial charge in [-0.3, -0.25) is 4.90 Å². The van der Waals surface area contributed by atoms with Gasteiger partial charge >= 0.3 is 0 Å². The lowest BCUT2D eigenvalue weighted by molar-refractivity contribution is -0.0274. The van der Waals surface area contributed by atoms with E-state index < -0.39 is 6.10 Å². The van der Waals surface area contributed by atoms with Crippen molar-refractivity contribution in [3.63, 3.8) is 0 Å². The van der Waals surface area contributed by atoms with Crippen molar-refractivity contribution in [1.82, 2.24) is 4.90 Å². The van der Waals surface area contributed by atoms with E-state index in [1.165, 1.54) is 5.56 Å². The average Bonchev–Trinajstić information content (AvgIpc) is 2.67. The number of hydrogen-bond donors (Lipinski definition) is 2. The Kier molecular flexibility index (Phi) is 7.14. The minimum atomic E-state index is -0.530. The maximum atomic E-state index is 10.5. The van der Waals surface area contributed by atoms with E-state index in [9.17, 15) is 5.11 Å². The van der Waals surface area contributed by atoms with Gasteiger partial charge in [0.15, 0.2) is 0 Å². The fourth-order valence-electron chi connectivity index (χ4n) is 3.12. The largest absolute Gasteiger partial charge is 0.488 e. The summed E-state index contributed by atoms with van der Waals surface area (Å²) in [6.45, 7) is 2.32. The van der Waals surface area contributed by atoms with Crippen LogP contribution in [0.5, 0.6) is 5.75 Å². The van der Waals surface area contributed by atoms with Gasteiger partial charge in [0, 0.05) is 36.6 Å². The molecular weight excluding hydrogens is 362 g/mol. The molecule has 0 spiro atoms. The van der Waals surface area contributed by atoms with Crippen LogP contribution < -0.4 is 4.74 Å². The monoisotopic (exact) mass is 385 g/mol. The van der Waals surface area contributed by atoms with Crippen LogP contribution in [0, 0.1) is 11.8 Å². The quantitative estimate of drug-likeness (QED) is 0.776. The Morgan fingerprint density at radius 1 is 1.11 bits per heavy atom. The van der Waals surface area contributed by atoms with Gasteiger partial charge in [-0.05, 0) is 48.4 Å². The zero-order chi connectivity index (χ0) is 19.1. The number of rotatable bonds is 5. The van der Waals surface area contributed by atoms with Gasteiger partial charge in [0.1, 0.15) is 18.0 Å². The summed E-state index contributed by atoms with van der Waals surface area (Å²) < 4.78 is 5.92. The number of β-amino-alcohol motifs (C(OH)–C–C–N with tert-alkyl or cyclic N) is 1. The molecule has 1 fully saturated rings. The summed E-state index contributed by atoms with van der Waals surface area (Å²) >= 11 is 5.89. The first-order chi connectivity index (χ1) is 13.1. The molecular formula is C22H24ClNO3. The lowest BCUT2D eigenvalue weighted by Crippen LogP contribution is -2.48. The van der Waals surface area contributed by atoms with E-state index in [1.54, 1.807) is 12.1 Å². The van der Waals surface area contributed by atoms with Crippen LogP contribution in [0.15, 0.2) is 48.5 Å². The maximum absolute atomic E-state index is 10.5. The van der Waals surface area contributed by atoms with Crippen molar-refractivity contribution in [1.29, 1.82) is 0 Å². The van der Waals surface area contributed by atoms with Crippen molar-refractivity contribution in [3.8, 4) is 17.6 Å². The first-order valence-electron chi connectivity index (χ1n) is 9.15. The molecule has 142 valence electrons. The molecule has 0 aliphatic carbocycles. The molecule has 0 unspecified atom stereocenters. The second kappa shape index (κ2) is 9.77. The Hall–Kier alpha value is -2.03. The van der Waals surface area contributed by atoms with Crippen LogP contribution in [0.2, 0.25) is 5.02 Å². The molecule has 27 heavy (non-hydrogen) atoms. The van der Waals surface area contributed by atoms with Crippen LogP contribution >= 0.6 is 11.6 Å². The van der Waals surface area contributed by atoms with E-state index in [0.29, 0.717) is 18.0 Å². The Balaban J connectivity index is 1.50. The molecule has 1 aliphatic heterocycles. The molecule has 0 radical (unpaired) electrons. The SMILES string of the molecule is OCCC#Cc1ccc(CN2CC[C@@H](Oc3ccc(Cl)cc3)[C@H](O)C2)cc1. The Labute approximate surface area is 165 Å². The standard InChI is InChI=1S/C22H24ClNO3/c23-19-8-10-20(11-9-19)27-22-12-13-24(16-21(22)26)15-18-6-4-17(5-7-18)3-1-2-14-25/h4-11,21-22,25-26H,2,12-16H2/t21-,22-/m1/s1. The van der Waals surface area contributed by atoms with Gasteiger partial charge in [-0.1, -0.05) is 35.6 Å². The predicted molar refractivity (Wildman–Crippen MR) is 107 cm³/mol. The van der Waals surface area contributed by atoms with Crippen LogP contribution in [0.1, 0.15) is 24.0 Å². The van der Waals surface area contributed by atoms with E-state index in [4.69, 9.17) is 21.4 Å². The second-order valence-corrected chi connectivity index (χ2v) is 7.11. The molecule has 2 aromatic rings. The first kappa shape index (κ1) is 19.7. The van der Waals surface area contributed by atoms with Crippen LogP contribution in [0.4, 0.5) is 0 Å². The Bertz CT molecular complexity index is 780. The molecule has 0 amide bonds. The Morgan fingerprint density at radius 3 is 2.52 bits per heavy atom. The highest BCUT2D eigenvalue weighted by atomic mass is 35.5. The van der Waals surface area contributed by atoms with E-state index >= 15 is 0 Å². The van der Waals surface area contributed by atoms with E-state index in [1.807, 2.05) is 24.3 Å². The van der Waals surface area contributed by atoms with Gasteiger partial charge in [0.25, 0.3) is 0 Å². The van der Waals surface area contributed by atoms with Gasteiger partial charge in [0.05, 0.1) is 6.61 Å². The molecule has 4 nitrogen and oxygen atoms in total. The third-order valence-electron chi connectivity index (χ3n) is 4.54. The fourth-order valence-corrected chi connectivity index (χ4v) is 3.24. The first-order valence-corrected chi connectivity index (χ1v) is 9.53. The van der Waals surface area contributed by atoms with Crippen molar-refractivity contribution in [3.05, 3.63) is 64.7 Å². The van der Waals surface area contributed by atoms with Crippen LogP contribution in [-0.4, -0.2) is 47.0 Å². The number of aliphatic hydroxyl groups is 2. The second-order valence-electron chi connectivity index (χ2n) is 6.67. The highest BCUT2D eigenvalue weighted by Crippen LogP contribution is 2.22. The number of halogens is 1. The lowest BCUT2D eigenvalue weighted by Gasteiger charge is -2.36. The normalized spacial score (nSPS) is 20.0. The van der Waals surface area contributed by atoms with Crippen LogP contribution in [0.3, 0.4) is 0 Å². The summed E-state index contributed by atoms with van der Waals surface area (Å²) in [5.74, 6) is 6.68. The summed E-state index contributed by atoms with van der Waals surface area (Å²) in [4.78, 5) is 2.23. The molecule has 0 aromatic heterocycles.